The van der Waals surface area contributed by atoms with Crippen molar-refractivity contribution in [1.29, 1.82) is 0 Å². The molecule has 0 saturated carbocycles. The molecule has 0 aromatic heterocycles. The van der Waals surface area contributed by atoms with Crippen molar-refractivity contribution in [3.05, 3.63) is 53.3 Å². The van der Waals surface area contributed by atoms with Crippen molar-refractivity contribution >= 4 is 6.08 Å². The zero-order chi connectivity index (χ0) is 37.6. The number of aromatic hydroxyl groups is 2. The molecule has 0 spiro atoms. The van der Waals surface area contributed by atoms with Crippen molar-refractivity contribution < 1.29 is 94.4 Å². The van der Waals surface area contributed by atoms with Gasteiger partial charge in [0.2, 0.25) is 12.6 Å². The molecule has 6 rings (SSSR count). The number of rotatable bonds is 9. The van der Waals surface area contributed by atoms with Crippen molar-refractivity contribution in [2.45, 2.75) is 105 Å². The molecule has 4 aliphatic rings. The Morgan fingerprint density at radius 1 is 0.615 bits per heavy atom. The van der Waals surface area contributed by atoms with Crippen LogP contribution in [0.1, 0.15) is 24.2 Å². The summed E-state index contributed by atoms with van der Waals surface area (Å²) in [5.41, 5.74) is 0.461. The maximum Gasteiger partial charge on any atom is 0.229 e. The molecule has 4 heterocycles. The lowest BCUT2D eigenvalue weighted by Crippen LogP contribution is -2.61. The highest BCUT2D eigenvalue weighted by Crippen LogP contribution is 2.46. The fourth-order valence-corrected chi connectivity index (χ4v) is 6.22. The van der Waals surface area contributed by atoms with E-state index in [9.17, 15) is 61.3 Å². The normalized spacial score (nSPS) is 40.6. The second-order valence-electron chi connectivity index (χ2n) is 13.0. The topological polar surface area (TPSA) is 307 Å². The van der Waals surface area contributed by atoms with Crippen LogP contribution in [0.3, 0.4) is 0 Å². The van der Waals surface area contributed by atoms with E-state index in [1.54, 1.807) is 0 Å². The van der Waals surface area contributed by atoms with Crippen LogP contribution in [0.5, 0.6) is 23.0 Å². The number of aliphatic hydroxyl groups excluding tert-OH is 10. The lowest BCUT2D eigenvalue weighted by molar-refractivity contribution is -0.324. The van der Waals surface area contributed by atoms with E-state index in [0.717, 1.165) is 6.07 Å². The van der Waals surface area contributed by atoms with Crippen LogP contribution in [0.2, 0.25) is 0 Å². The number of hydrogen-bond donors (Lipinski definition) is 12. The molecule has 4 aliphatic heterocycles. The van der Waals surface area contributed by atoms with Gasteiger partial charge < -0.3 is 94.4 Å². The summed E-state index contributed by atoms with van der Waals surface area (Å²) in [6, 6.07) is 8.06. The third-order valence-corrected chi connectivity index (χ3v) is 9.32. The van der Waals surface area contributed by atoms with Gasteiger partial charge in [0.25, 0.3) is 0 Å². The fraction of sp³-hybridized carbons (Fsp3) is 0.576. The van der Waals surface area contributed by atoms with Gasteiger partial charge in [0, 0.05) is 17.7 Å². The molecule has 3 saturated heterocycles. The zero-order valence-electron chi connectivity index (χ0n) is 27.4. The summed E-state index contributed by atoms with van der Waals surface area (Å²) in [4.78, 5) is 0. The maximum absolute atomic E-state index is 10.9. The van der Waals surface area contributed by atoms with Gasteiger partial charge in [0.15, 0.2) is 12.4 Å². The van der Waals surface area contributed by atoms with Gasteiger partial charge >= 0.3 is 0 Å². The summed E-state index contributed by atoms with van der Waals surface area (Å²) in [5.74, 6) is -0.732. The maximum atomic E-state index is 10.9. The number of ether oxygens (including phenoxy) is 7. The van der Waals surface area contributed by atoms with E-state index in [4.69, 9.17) is 33.2 Å². The highest BCUT2D eigenvalue weighted by Gasteiger charge is 2.49. The standard InChI is InChI=1S/C33H42O19/c1-11-21(37)24(40)27(43)31(47-11)46-10-20-23(39)26(42)29(45)33(52-20)50-18-8-15-16(48-30(18)12-2-4-13(35)5-3-12)6-14(36)7-17(15)49-32-28(44)25(41)22(38)19(9-34)51-32/h2-8,11,19-45H,9-10H2,1H3. The zero-order valence-corrected chi connectivity index (χ0v) is 27.4. The third kappa shape index (κ3) is 7.52. The Kier molecular flexibility index (Phi) is 11.5. The number of phenolic OH excluding ortho intramolecular Hbond substituents is 2. The minimum atomic E-state index is -1.87. The summed E-state index contributed by atoms with van der Waals surface area (Å²) in [6.07, 6.45) is -23.7. The van der Waals surface area contributed by atoms with Gasteiger partial charge in [-0.1, -0.05) is 12.1 Å². The van der Waals surface area contributed by atoms with Crippen LogP contribution < -0.4 is 9.47 Å². The van der Waals surface area contributed by atoms with Crippen LogP contribution in [0.25, 0.3) is 6.08 Å². The second kappa shape index (κ2) is 15.5. The highest BCUT2D eigenvalue weighted by atomic mass is 16.7. The van der Waals surface area contributed by atoms with Gasteiger partial charge in [0.05, 0.1) is 24.9 Å². The van der Waals surface area contributed by atoms with Crippen molar-refractivity contribution in [3.8, 4) is 23.0 Å². The quantitative estimate of drug-likeness (QED) is 0.118. The molecular weight excluding hydrogens is 700 g/mol. The van der Waals surface area contributed by atoms with E-state index in [-0.39, 0.29) is 34.3 Å². The molecular formula is C33H42O19. The predicted molar refractivity (Wildman–Crippen MR) is 168 cm³/mol. The van der Waals surface area contributed by atoms with Crippen molar-refractivity contribution in [2.24, 2.45) is 0 Å². The molecule has 0 bridgehead atoms. The van der Waals surface area contributed by atoms with Gasteiger partial charge in [-0.05, 0) is 25.1 Å². The first-order chi connectivity index (χ1) is 24.7. The molecule has 16 atom stereocenters. The summed E-state index contributed by atoms with van der Waals surface area (Å²) in [7, 11) is 0. The monoisotopic (exact) mass is 742 g/mol. The molecule has 288 valence electrons. The molecule has 0 aliphatic carbocycles. The van der Waals surface area contributed by atoms with Gasteiger partial charge in [-0.15, -0.1) is 0 Å². The second-order valence-corrected chi connectivity index (χ2v) is 13.0. The van der Waals surface area contributed by atoms with Gasteiger partial charge in [0.1, 0.15) is 95.9 Å². The van der Waals surface area contributed by atoms with Crippen LogP contribution in [0.4, 0.5) is 0 Å². The van der Waals surface area contributed by atoms with E-state index < -0.39 is 111 Å². The van der Waals surface area contributed by atoms with E-state index >= 15 is 0 Å². The fourth-order valence-electron chi connectivity index (χ4n) is 6.22. The number of hydrogen-bond acceptors (Lipinski definition) is 19. The lowest BCUT2D eigenvalue weighted by Gasteiger charge is -2.43. The summed E-state index contributed by atoms with van der Waals surface area (Å²) in [6.45, 7) is 0.154. The Balaban J connectivity index is 1.29. The van der Waals surface area contributed by atoms with Crippen LogP contribution in [-0.2, 0) is 23.7 Å². The number of phenols is 2. The van der Waals surface area contributed by atoms with E-state index in [2.05, 4.69) is 0 Å². The van der Waals surface area contributed by atoms with Gasteiger partial charge in [-0.25, -0.2) is 0 Å². The predicted octanol–water partition coefficient (Wildman–Crippen LogP) is -3.58. The summed E-state index contributed by atoms with van der Waals surface area (Å²) in [5, 5.41) is 124. The Morgan fingerprint density at radius 3 is 1.85 bits per heavy atom. The van der Waals surface area contributed by atoms with Crippen molar-refractivity contribution in [2.75, 3.05) is 13.2 Å². The molecule has 0 amide bonds. The molecule has 16 unspecified atom stereocenters. The Bertz CT molecular complexity index is 1550. The summed E-state index contributed by atoms with van der Waals surface area (Å²) < 4.78 is 40.3. The number of benzene rings is 2. The first-order valence-electron chi connectivity index (χ1n) is 16.4. The van der Waals surface area contributed by atoms with Crippen LogP contribution in [-0.4, -0.2) is 167 Å². The number of aliphatic hydroxyl groups is 10. The molecule has 0 radical (unpaired) electrons. The Morgan fingerprint density at radius 2 is 1.19 bits per heavy atom. The minimum absolute atomic E-state index is 0.00411. The van der Waals surface area contributed by atoms with E-state index in [1.807, 2.05) is 0 Å². The minimum Gasteiger partial charge on any atom is -0.508 e. The number of fused-ring (bicyclic) bond motifs is 1. The third-order valence-electron chi connectivity index (χ3n) is 9.32. The SMILES string of the molecule is CC1OC(OCC2OC(OC3=Cc4c(cc(O)cc4OC4OC(CO)C(O)C(O)C4O)OC3c3ccc(O)cc3)C(O)C(O)C2O)C(O)C(O)C1O. The van der Waals surface area contributed by atoms with E-state index in [1.165, 1.54) is 43.3 Å². The van der Waals surface area contributed by atoms with Crippen molar-refractivity contribution in [1.82, 2.24) is 0 Å². The summed E-state index contributed by atoms with van der Waals surface area (Å²) >= 11 is 0. The molecule has 19 nitrogen and oxygen atoms in total. The smallest absolute Gasteiger partial charge is 0.229 e. The highest BCUT2D eigenvalue weighted by molar-refractivity contribution is 5.70. The molecule has 3 fully saturated rings. The molecule has 2 aromatic carbocycles. The van der Waals surface area contributed by atoms with Crippen molar-refractivity contribution in [3.63, 3.8) is 0 Å². The van der Waals surface area contributed by atoms with Gasteiger partial charge in [-0.2, -0.15) is 0 Å². The first-order valence-corrected chi connectivity index (χ1v) is 16.4. The van der Waals surface area contributed by atoms with E-state index in [0.29, 0.717) is 5.56 Å². The molecule has 19 heteroatoms. The van der Waals surface area contributed by atoms with Gasteiger partial charge in [-0.3, -0.25) is 0 Å². The lowest BCUT2D eigenvalue weighted by atomic mass is 9.98. The van der Waals surface area contributed by atoms with Crippen LogP contribution in [0.15, 0.2) is 42.2 Å². The molecule has 52 heavy (non-hydrogen) atoms. The first kappa shape index (κ1) is 38.3. The molecule has 2 aromatic rings. The average molecular weight is 743 g/mol. The van der Waals surface area contributed by atoms with Crippen LogP contribution in [0, 0.1) is 0 Å². The molecule has 12 N–H and O–H groups in total. The Labute approximate surface area is 295 Å². The largest absolute Gasteiger partial charge is 0.508 e. The average Bonchev–Trinajstić information content (AvgIpc) is 3.12. The van der Waals surface area contributed by atoms with Crippen LogP contribution >= 0.6 is 0 Å². The Hall–Kier alpha value is -3.38.